The number of nitrogens with one attached hydrogen (secondary N) is 2. The molecule has 0 atom stereocenters. The Balaban J connectivity index is 1.85. The van der Waals surface area contributed by atoms with Gasteiger partial charge in [-0.05, 0) is 42.2 Å². The molecule has 5 heteroatoms. The van der Waals surface area contributed by atoms with E-state index in [0.29, 0.717) is 13.2 Å². The van der Waals surface area contributed by atoms with E-state index >= 15 is 0 Å². The van der Waals surface area contributed by atoms with Crippen molar-refractivity contribution < 1.29 is 9.47 Å². The second-order valence-electron chi connectivity index (χ2n) is 5.97. The normalized spacial score (nSPS) is 11.3. The van der Waals surface area contributed by atoms with Gasteiger partial charge in [-0.3, -0.25) is 0 Å². The number of methoxy groups -OCH3 is 2. The van der Waals surface area contributed by atoms with E-state index in [-0.39, 0.29) is 0 Å². The van der Waals surface area contributed by atoms with Gasteiger partial charge in [-0.1, -0.05) is 36.4 Å². The van der Waals surface area contributed by atoms with Crippen molar-refractivity contribution in [2.24, 2.45) is 4.99 Å². The third-order valence-electron chi connectivity index (χ3n) is 3.96. The molecule has 0 amide bonds. The van der Waals surface area contributed by atoms with Gasteiger partial charge in [0.15, 0.2) is 5.96 Å². The van der Waals surface area contributed by atoms with Crippen molar-refractivity contribution in [2.75, 3.05) is 27.3 Å². The highest BCUT2D eigenvalue weighted by atomic mass is 16.5. The topological polar surface area (TPSA) is 54.9 Å². The molecule has 26 heavy (non-hydrogen) atoms. The van der Waals surface area contributed by atoms with Crippen molar-refractivity contribution in [1.29, 1.82) is 0 Å². The number of hydrogen-bond acceptors (Lipinski definition) is 3. The Kier molecular flexibility index (Phi) is 8.49. The van der Waals surface area contributed by atoms with E-state index in [1.807, 2.05) is 12.1 Å². The SMILES string of the molecule is CCNC(=NCc1ccc(COC)cc1)NCCc1ccc(OC)cc1. The second-order valence-corrected chi connectivity index (χ2v) is 5.97. The molecule has 0 spiro atoms. The van der Waals surface area contributed by atoms with Crippen LogP contribution >= 0.6 is 0 Å². The molecule has 0 aliphatic rings. The van der Waals surface area contributed by atoms with Crippen LogP contribution in [-0.4, -0.2) is 33.3 Å². The first kappa shape index (κ1) is 19.8. The molecule has 140 valence electrons. The monoisotopic (exact) mass is 355 g/mol. The Morgan fingerprint density at radius 3 is 2.15 bits per heavy atom. The number of rotatable bonds is 9. The summed E-state index contributed by atoms with van der Waals surface area (Å²) < 4.78 is 10.3. The van der Waals surface area contributed by atoms with Crippen LogP contribution in [-0.2, 0) is 24.3 Å². The van der Waals surface area contributed by atoms with Gasteiger partial charge in [-0.15, -0.1) is 0 Å². The molecular weight excluding hydrogens is 326 g/mol. The van der Waals surface area contributed by atoms with Crippen molar-refractivity contribution in [1.82, 2.24) is 10.6 Å². The third kappa shape index (κ3) is 6.76. The zero-order chi connectivity index (χ0) is 18.6. The maximum absolute atomic E-state index is 5.19. The fourth-order valence-electron chi connectivity index (χ4n) is 2.54. The summed E-state index contributed by atoms with van der Waals surface area (Å²) in [7, 11) is 3.39. The van der Waals surface area contributed by atoms with Crippen LogP contribution in [0.4, 0.5) is 0 Å². The molecule has 2 aromatic rings. The van der Waals surface area contributed by atoms with Gasteiger partial charge in [0.1, 0.15) is 5.75 Å². The molecule has 2 aromatic carbocycles. The first-order chi connectivity index (χ1) is 12.7. The average molecular weight is 355 g/mol. The summed E-state index contributed by atoms with van der Waals surface area (Å²) in [4.78, 5) is 4.66. The molecule has 0 bridgehead atoms. The van der Waals surface area contributed by atoms with Crippen molar-refractivity contribution in [3.05, 3.63) is 65.2 Å². The smallest absolute Gasteiger partial charge is 0.191 e. The molecule has 0 unspecified atom stereocenters. The lowest BCUT2D eigenvalue weighted by atomic mass is 10.1. The standard InChI is InChI=1S/C21H29N3O2/c1-4-22-21(23-14-13-17-9-11-20(26-3)12-10-17)24-15-18-5-7-19(8-6-18)16-25-2/h5-12H,4,13-16H2,1-3H3,(H2,22,23,24). The fraction of sp³-hybridized carbons (Fsp3) is 0.381. The Morgan fingerprint density at radius 1 is 0.885 bits per heavy atom. The number of guanidine groups is 1. The second kappa shape index (κ2) is 11.2. The maximum Gasteiger partial charge on any atom is 0.191 e. The van der Waals surface area contributed by atoms with E-state index in [0.717, 1.165) is 31.2 Å². The van der Waals surface area contributed by atoms with Gasteiger partial charge >= 0.3 is 0 Å². The molecule has 2 rings (SSSR count). The Labute approximate surface area is 156 Å². The minimum Gasteiger partial charge on any atom is -0.497 e. The van der Waals surface area contributed by atoms with Crippen LogP contribution < -0.4 is 15.4 Å². The molecular formula is C21H29N3O2. The van der Waals surface area contributed by atoms with Crippen LogP contribution in [0.1, 0.15) is 23.6 Å². The van der Waals surface area contributed by atoms with Gasteiger partial charge in [0, 0.05) is 20.2 Å². The van der Waals surface area contributed by atoms with E-state index < -0.39 is 0 Å². The number of ether oxygens (including phenoxy) is 2. The van der Waals surface area contributed by atoms with Crippen molar-refractivity contribution in [3.63, 3.8) is 0 Å². The molecule has 0 aromatic heterocycles. The highest BCUT2D eigenvalue weighted by molar-refractivity contribution is 5.79. The highest BCUT2D eigenvalue weighted by Crippen LogP contribution is 2.11. The molecule has 0 saturated heterocycles. The molecule has 0 fully saturated rings. The van der Waals surface area contributed by atoms with Gasteiger partial charge in [0.2, 0.25) is 0 Å². The third-order valence-corrected chi connectivity index (χ3v) is 3.96. The van der Waals surface area contributed by atoms with Crippen molar-refractivity contribution >= 4 is 5.96 Å². The number of nitrogens with zero attached hydrogens (tertiary/aromatic N) is 1. The van der Waals surface area contributed by atoms with Crippen molar-refractivity contribution in [3.8, 4) is 5.75 Å². The lowest BCUT2D eigenvalue weighted by molar-refractivity contribution is 0.185. The molecule has 0 saturated carbocycles. The van der Waals surface area contributed by atoms with Crippen LogP contribution in [0.5, 0.6) is 5.75 Å². The van der Waals surface area contributed by atoms with Gasteiger partial charge in [-0.2, -0.15) is 0 Å². The molecule has 2 N–H and O–H groups in total. The summed E-state index contributed by atoms with van der Waals surface area (Å²) in [5, 5.41) is 6.68. The Morgan fingerprint density at radius 2 is 1.54 bits per heavy atom. The number of hydrogen-bond donors (Lipinski definition) is 2. The van der Waals surface area contributed by atoms with Crippen molar-refractivity contribution in [2.45, 2.75) is 26.5 Å². The number of benzene rings is 2. The molecule has 5 nitrogen and oxygen atoms in total. The van der Waals surface area contributed by atoms with E-state index in [1.165, 1.54) is 16.7 Å². The van der Waals surface area contributed by atoms with Crippen LogP contribution in [0, 0.1) is 0 Å². The van der Waals surface area contributed by atoms with Crippen LogP contribution in [0.25, 0.3) is 0 Å². The minimum atomic E-state index is 0.638. The van der Waals surface area contributed by atoms with E-state index in [1.54, 1.807) is 14.2 Å². The van der Waals surface area contributed by atoms with Gasteiger partial charge < -0.3 is 20.1 Å². The summed E-state index contributed by atoms with van der Waals surface area (Å²) in [6, 6.07) is 16.5. The first-order valence-corrected chi connectivity index (χ1v) is 8.97. The highest BCUT2D eigenvalue weighted by Gasteiger charge is 2.00. The maximum atomic E-state index is 5.19. The summed E-state index contributed by atoms with van der Waals surface area (Å²) in [5.41, 5.74) is 3.62. The quantitative estimate of drug-likeness (QED) is 0.536. The minimum absolute atomic E-state index is 0.638. The molecule has 0 radical (unpaired) electrons. The molecule has 0 aliphatic carbocycles. The summed E-state index contributed by atoms with van der Waals surface area (Å²) in [6.45, 7) is 5.01. The van der Waals surface area contributed by atoms with Crippen LogP contribution in [0.15, 0.2) is 53.5 Å². The lowest BCUT2D eigenvalue weighted by Gasteiger charge is -2.11. The summed E-state index contributed by atoms with van der Waals surface area (Å²) in [5.74, 6) is 1.72. The van der Waals surface area contributed by atoms with Crippen LogP contribution in [0.2, 0.25) is 0 Å². The Bertz CT molecular complexity index is 667. The molecule has 0 heterocycles. The number of aliphatic imine (C=N–C) groups is 1. The van der Waals surface area contributed by atoms with E-state index in [4.69, 9.17) is 9.47 Å². The average Bonchev–Trinajstić information content (AvgIpc) is 2.68. The largest absolute Gasteiger partial charge is 0.497 e. The predicted molar refractivity (Wildman–Crippen MR) is 107 cm³/mol. The zero-order valence-electron chi connectivity index (χ0n) is 15.9. The van der Waals surface area contributed by atoms with Crippen LogP contribution in [0.3, 0.4) is 0 Å². The summed E-state index contributed by atoms with van der Waals surface area (Å²) >= 11 is 0. The van der Waals surface area contributed by atoms with Gasteiger partial charge in [-0.25, -0.2) is 4.99 Å². The lowest BCUT2D eigenvalue weighted by Crippen LogP contribution is -2.38. The fourth-order valence-corrected chi connectivity index (χ4v) is 2.54. The van der Waals surface area contributed by atoms with E-state index in [9.17, 15) is 0 Å². The molecule has 0 aliphatic heterocycles. The Hall–Kier alpha value is -2.53. The predicted octanol–water partition coefficient (Wildman–Crippen LogP) is 3.14. The van der Waals surface area contributed by atoms with Gasteiger partial charge in [0.05, 0.1) is 20.3 Å². The first-order valence-electron chi connectivity index (χ1n) is 8.97. The zero-order valence-corrected chi connectivity index (χ0v) is 15.9. The van der Waals surface area contributed by atoms with Gasteiger partial charge in [0.25, 0.3) is 0 Å². The van der Waals surface area contributed by atoms with E-state index in [2.05, 4.69) is 58.9 Å². The summed E-state index contributed by atoms with van der Waals surface area (Å²) in [6.07, 6.45) is 0.931.